The molecule has 0 heterocycles. The highest BCUT2D eigenvalue weighted by Gasteiger charge is 2.25. The number of sulfone groups is 1. The number of carboxylic acid groups (broad SMARTS) is 1. The first-order valence-corrected chi connectivity index (χ1v) is 8.10. The first kappa shape index (κ1) is 16.8. The average molecular weight is 336 g/mol. The number of hydrogen-bond acceptors (Lipinski definition) is 5. The molecule has 0 aromatic heterocycles. The second kappa shape index (κ2) is 6.29. The molecule has 122 valence electrons. The van der Waals surface area contributed by atoms with Gasteiger partial charge in [0.05, 0.1) is 24.0 Å². The fraction of sp³-hybridized carbons (Fsp3) is 0.188. The van der Waals surface area contributed by atoms with Crippen LogP contribution in [0.25, 0.3) is 0 Å². The summed E-state index contributed by atoms with van der Waals surface area (Å²) < 4.78 is 35.5. The van der Waals surface area contributed by atoms with Crippen LogP contribution in [0.4, 0.5) is 0 Å². The monoisotopic (exact) mass is 336 g/mol. The van der Waals surface area contributed by atoms with Gasteiger partial charge in [0.25, 0.3) is 0 Å². The summed E-state index contributed by atoms with van der Waals surface area (Å²) in [6, 6.07) is 8.61. The molecule has 0 aliphatic heterocycles. The van der Waals surface area contributed by atoms with Gasteiger partial charge in [0.1, 0.15) is 5.56 Å². The Bertz CT molecular complexity index is 838. The van der Waals surface area contributed by atoms with Crippen molar-refractivity contribution in [1.82, 2.24) is 0 Å². The number of methoxy groups -OCH3 is 2. The summed E-state index contributed by atoms with van der Waals surface area (Å²) in [6.07, 6.45) is 0. The molecule has 0 amide bonds. The molecule has 0 unspecified atom stereocenters. The average Bonchev–Trinajstić information content (AvgIpc) is 2.53. The summed E-state index contributed by atoms with van der Waals surface area (Å²) in [6.45, 7) is 1.84. The SMILES string of the molecule is COc1cc(S(=O)(=O)c2ccc(C)cc2)cc(C(=O)O)c1OC. The number of rotatable bonds is 5. The summed E-state index contributed by atoms with van der Waals surface area (Å²) in [4.78, 5) is 11.3. The summed E-state index contributed by atoms with van der Waals surface area (Å²) in [5, 5.41) is 9.28. The molecule has 0 saturated carbocycles. The zero-order chi connectivity index (χ0) is 17.2. The van der Waals surface area contributed by atoms with Crippen LogP contribution in [0.15, 0.2) is 46.2 Å². The first-order chi connectivity index (χ1) is 10.8. The van der Waals surface area contributed by atoms with Crippen molar-refractivity contribution in [2.75, 3.05) is 14.2 Å². The quantitative estimate of drug-likeness (QED) is 0.902. The Morgan fingerprint density at radius 2 is 1.61 bits per heavy atom. The third-order valence-corrected chi connectivity index (χ3v) is 5.07. The van der Waals surface area contributed by atoms with Crippen molar-refractivity contribution in [3.8, 4) is 11.5 Å². The number of hydrogen-bond donors (Lipinski definition) is 1. The molecule has 0 atom stereocenters. The predicted molar refractivity (Wildman–Crippen MR) is 83.1 cm³/mol. The van der Waals surface area contributed by atoms with Gasteiger partial charge in [-0.25, -0.2) is 13.2 Å². The number of carboxylic acids is 1. The van der Waals surface area contributed by atoms with Crippen molar-refractivity contribution < 1.29 is 27.8 Å². The van der Waals surface area contributed by atoms with Crippen molar-refractivity contribution in [2.24, 2.45) is 0 Å². The fourth-order valence-electron chi connectivity index (χ4n) is 2.11. The minimum Gasteiger partial charge on any atom is -0.493 e. The van der Waals surface area contributed by atoms with Crippen molar-refractivity contribution >= 4 is 15.8 Å². The van der Waals surface area contributed by atoms with Crippen LogP contribution in [0.3, 0.4) is 0 Å². The third kappa shape index (κ3) is 3.14. The van der Waals surface area contributed by atoms with E-state index in [2.05, 4.69) is 0 Å². The summed E-state index contributed by atoms with van der Waals surface area (Å²) in [5.74, 6) is -1.29. The van der Waals surface area contributed by atoms with Crippen LogP contribution >= 0.6 is 0 Å². The summed E-state index contributed by atoms with van der Waals surface area (Å²) in [5.41, 5.74) is 0.639. The van der Waals surface area contributed by atoms with E-state index < -0.39 is 15.8 Å². The van der Waals surface area contributed by atoms with Gasteiger partial charge >= 0.3 is 5.97 Å². The molecule has 2 rings (SSSR count). The molecule has 0 spiro atoms. The van der Waals surface area contributed by atoms with E-state index in [1.54, 1.807) is 12.1 Å². The number of aryl methyl sites for hydroxylation is 1. The molecule has 0 radical (unpaired) electrons. The van der Waals surface area contributed by atoms with Gasteiger partial charge in [-0.2, -0.15) is 0 Å². The molecule has 0 aliphatic carbocycles. The topological polar surface area (TPSA) is 89.9 Å². The molecule has 7 heteroatoms. The van der Waals surface area contributed by atoms with Crippen LogP contribution < -0.4 is 9.47 Å². The maximum absolute atomic E-state index is 12.7. The lowest BCUT2D eigenvalue weighted by Crippen LogP contribution is -2.08. The highest BCUT2D eigenvalue weighted by molar-refractivity contribution is 7.91. The Kier molecular flexibility index (Phi) is 4.60. The lowest BCUT2D eigenvalue weighted by molar-refractivity contribution is 0.0692. The molecule has 0 bridgehead atoms. The Morgan fingerprint density at radius 3 is 2.09 bits per heavy atom. The Hall–Kier alpha value is -2.54. The lowest BCUT2D eigenvalue weighted by atomic mass is 10.2. The van der Waals surface area contributed by atoms with E-state index in [1.807, 2.05) is 6.92 Å². The van der Waals surface area contributed by atoms with Crippen LogP contribution in [-0.2, 0) is 9.84 Å². The molecular formula is C16H16O6S. The Balaban J connectivity index is 2.69. The maximum atomic E-state index is 12.7. The second-order valence-corrected chi connectivity index (χ2v) is 6.78. The maximum Gasteiger partial charge on any atom is 0.339 e. The van der Waals surface area contributed by atoms with Crippen LogP contribution in [-0.4, -0.2) is 33.7 Å². The highest BCUT2D eigenvalue weighted by Crippen LogP contribution is 2.35. The molecule has 0 fully saturated rings. The van der Waals surface area contributed by atoms with Gasteiger partial charge in [-0.15, -0.1) is 0 Å². The van der Waals surface area contributed by atoms with Gasteiger partial charge in [-0.1, -0.05) is 17.7 Å². The van der Waals surface area contributed by atoms with E-state index in [9.17, 15) is 18.3 Å². The predicted octanol–water partition coefficient (Wildman–Crippen LogP) is 2.54. The number of ether oxygens (including phenoxy) is 2. The van der Waals surface area contributed by atoms with E-state index in [4.69, 9.17) is 9.47 Å². The van der Waals surface area contributed by atoms with Gasteiger partial charge < -0.3 is 14.6 Å². The van der Waals surface area contributed by atoms with E-state index in [1.165, 1.54) is 32.4 Å². The first-order valence-electron chi connectivity index (χ1n) is 6.62. The lowest BCUT2D eigenvalue weighted by Gasteiger charge is -2.13. The fourth-order valence-corrected chi connectivity index (χ4v) is 3.41. The smallest absolute Gasteiger partial charge is 0.339 e. The van der Waals surface area contributed by atoms with E-state index in [-0.39, 0.29) is 26.9 Å². The van der Waals surface area contributed by atoms with Crippen molar-refractivity contribution in [3.63, 3.8) is 0 Å². The molecule has 0 saturated heterocycles. The number of carbonyl (C=O) groups is 1. The highest BCUT2D eigenvalue weighted by atomic mass is 32.2. The van der Waals surface area contributed by atoms with Gasteiger partial charge in [0.2, 0.25) is 9.84 Å². The van der Waals surface area contributed by atoms with Gasteiger partial charge in [0.15, 0.2) is 11.5 Å². The zero-order valence-corrected chi connectivity index (χ0v) is 13.7. The Labute approximate surface area is 134 Å². The van der Waals surface area contributed by atoms with E-state index in [0.29, 0.717) is 0 Å². The van der Waals surface area contributed by atoms with Crippen molar-refractivity contribution in [1.29, 1.82) is 0 Å². The van der Waals surface area contributed by atoms with Crippen LogP contribution in [0.1, 0.15) is 15.9 Å². The van der Waals surface area contributed by atoms with Gasteiger partial charge in [0, 0.05) is 6.07 Å². The normalized spacial score (nSPS) is 11.1. The second-order valence-electron chi connectivity index (χ2n) is 4.83. The van der Waals surface area contributed by atoms with E-state index in [0.717, 1.165) is 11.6 Å². The minimum absolute atomic E-state index is 0.0251. The summed E-state index contributed by atoms with van der Waals surface area (Å²) in [7, 11) is -1.27. The minimum atomic E-state index is -3.87. The molecule has 6 nitrogen and oxygen atoms in total. The third-order valence-electron chi connectivity index (χ3n) is 3.32. The van der Waals surface area contributed by atoms with Crippen LogP contribution in [0.2, 0.25) is 0 Å². The van der Waals surface area contributed by atoms with Crippen molar-refractivity contribution in [2.45, 2.75) is 16.7 Å². The summed E-state index contributed by atoms with van der Waals surface area (Å²) >= 11 is 0. The molecule has 1 N–H and O–H groups in total. The largest absolute Gasteiger partial charge is 0.493 e. The molecule has 2 aromatic rings. The molecule has 0 aliphatic rings. The molecule has 2 aromatic carbocycles. The van der Waals surface area contributed by atoms with Crippen molar-refractivity contribution in [3.05, 3.63) is 47.5 Å². The number of aromatic carboxylic acids is 1. The van der Waals surface area contributed by atoms with E-state index >= 15 is 0 Å². The van der Waals surface area contributed by atoms with Gasteiger partial charge in [-0.05, 0) is 25.1 Å². The zero-order valence-electron chi connectivity index (χ0n) is 12.9. The Morgan fingerprint density at radius 1 is 1.00 bits per heavy atom. The van der Waals surface area contributed by atoms with Crippen LogP contribution in [0, 0.1) is 6.92 Å². The van der Waals surface area contributed by atoms with Crippen LogP contribution in [0.5, 0.6) is 11.5 Å². The van der Waals surface area contributed by atoms with Gasteiger partial charge in [-0.3, -0.25) is 0 Å². The molecular weight excluding hydrogens is 320 g/mol. The molecule has 23 heavy (non-hydrogen) atoms. The number of benzene rings is 2. The standard InChI is InChI=1S/C16H16O6S/c1-10-4-6-11(7-5-10)23(19,20)12-8-13(16(17)18)15(22-3)14(9-12)21-2/h4-9H,1-3H3,(H,17,18).